The SMILES string of the molecule is CCC(=O)C1CP2C(NC(=O)C(C)(C)CC(C)C)CC12C. The van der Waals surface area contributed by atoms with Crippen molar-refractivity contribution in [3.8, 4) is 0 Å². The molecule has 2 rings (SSSR count). The average Bonchev–Trinajstić information content (AvgIpc) is 2.35. The fourth-order valence-electron chi connectivity index (χ4n) is 4.11. The van der Waals surface area contributed by atoms with Gasteiger partial charge in [0, 0.05) is 28.7 Å². The second-order valence-electron chi connectivity index (χ2n) is 8.06. The van der Waals surface area contributed by atoms with Crippen LogP contribution in [-0.4, -0.2) is 28.8 Å². The Hall–Kier alpha value is -0.430. The zero-order valence-corrected chi connectivity index (χ0v) is 15.2. The number of rotatable bonds is 6. The summed E-state index contributed by atoms with van der Waals surface area (Å²) >= 11 is 0. The Morgan fingerprint density at radius 2 is 2.00 bits per heavy atom. The minimum absolute atomic E-state index is 0.174. The lowest BCUT2D eigenvalue weighted by Crippen LogP contribution is -2.65. The van der Waals surface area contributed by atoms with E-state index in [1.54, 1.807) is 0 Å². The third-order valence-corrected chi connectivity index (χ3v) is 8.97. The number of carbonyl (C=O) groups excluding carboxylic acids is 2. The van der Waals surface area contributed by atoms with Gasteiger partial charge in [-0.1, -0.05) is 49.5 Å². The Labute approximate surface area is 130 Å². The highest BCUT2D eigenvalue weighted by Gasteiger charge is 2.64. The van der Waals surface area contributed by atoms with E-state index in [1.807, 2.05) is 20.8 Å². The van der Waals surface area contributed by atoms with Gasteiger partial charge in [0.2, 0.25) is 5.91 Å². The topological polar surface area (TPSA) is 46.2 Å². The molecule has 2 aliphatic rings. The molecule has 1 N–H and O–H groups in total. The lowest BCUT2D eigenvalue weighted by molar-refractivity contribution is -0.130. The van der Waals surface area contributed by atoms with Crippen LogP contribution in [-0.2, 0) is 9.59 Å². The summed E-state index contributed by atoms with van der Waals surface area (Å²) in [4.78, 5) is 24.4. The van der Waals surface area contributed by atoms with Crippen molar-refractivity contribution < 1.29 is 9.59 Å². The lowest BCUT2D eigenvalue weighted by Gasteiger charge is -2.66. The van der Waals surface area contributed by atoms with Gasteiger partial charge in [0.15, 0.2) is 0 Å². The fraction of sp³-hybridized carbons (Fsp3) is 0.882. The van der Waals surface area contributed by atoms with E-state index in [2.05, 4.69) is 26.1 Å². The number of nitrogens with one attached hydrogen (secondary N) is 1. The van der Waals surface area contributed by atoms with Crippen LogP contribution in [0.3, 0.4) is 0 Å². The molecule has 2 saturated heterocycles. The first kappa shape index (κ1) is 16.9. The normalized spacial score (nSPS) is 34.7. The highest BCUT2D eigenvalue weighted by Crippen LogP contribution is 2.78. The van der Waals surface area contributed by atoms with Gasteiger partial charge in [0.25, 0.3) is 0 Å². The number of carbonyl (C=O) groups is 2. The van der Waals surface area contributed by atoms with Gasteiger partial charge in [-0.25, -0.2) is 0 Å². The molecule has 0 aliphatic carbocycles. The Morgan fingerprint density at radius 1 is 1.38 bits per heavy atom. The quantitative estimate of drug-likeness (QED) is 0.759. The molecule has 0 aromatic rings. The number of amides is 1. The van der Waals surface area contributed by atoms with Gasteiger partial charge in [-0.3, -0.25) is 9.59 Å². The third-order valence-electron chi connectivity index (χ3n) is 5.34. The van der Waals surface area contributed by atoms with Gasteiger partial charge in [-0.2, -0.15) is 0 Å². The molecule has 2 fully saturated rings. The van der Waals surface area contributed by atoms with Crippen molar-refractivity contribution in [3.63, 3.8) is 0 Å². The minimum Gasteiger partial charge on any atom is -0.349 e. The lowest BCUT2D eigenvalue weighted by atomic mass is 9.82. The maximum Gasteiger partial charge on any atom is 0.226 e. The molecule has 4 unspecified atom stereocenters. The molecule has 120 valence electrons. The van der Waals surface area contributed by atoms with Crippen LogP contribution >= 0.6 is 7.92 Å². The molecule has 2 heterocycles. The van der Waals surface area contributed by atoms with Gasteiger partial charge in [-0.05, 0) is 24.9 Å². The van der Waals surface area contributed by atoms with E-state index < -0.39 is 0 Å². The van der Waals surface area contributed by atoms with E-state index in [1.165, 1.54) is 0 Å². The van der Waals surface area contributed by atoms with E-state index in [0.717, 1.165) is 19.0 Å². The predicted octanol–water partition coefficient (Wildman–Crippen LogP) is 3.75. The van der Waals surface area contributed by atoms with Crippen LogP contribution in [0, 0.1) is 17.3 Å². The summed E-state index contributed by atoms with van der Waals surface area (Å²) in [5.41, 5.74) is -0.293. The van der Waals surface area contributed by atoms with E-state index in [-0.39, 0.29) is 30.3 Å². The molecule has 0 bridgehead atoms. The Morgan fingerprint density at radius 3 is 2.43 bits per heavy atom. The van der Waals surface area contributed by atoms with Gasteiger partial charge in [-0.15, -0.1) is 0 Å². The van der Waals surface area contributed by atoms with Crippen LogP contribution in [0.4, 0.5) is 0 Å². The van der Waals surface area contributed by atoms with E-state index in [9.17, 15) is 9.59 Å². The molecule has 3 nitrogen and oxygen atoms in total. The number of Topliss-reactive ketones (excluding diaryl/α,β-unsaturated/α-hetero) is 1. The van der Waals surface area contributed by atoms with Crippen LogP contribution in [0.2, 0.25) is 0 Å². The van der Waals surface area contributed by atoms with Crippen LogP contribution in [0.1, 0.15) is 60.8 Å². The number of hydrogen-bond donors (Lipinski definition) is 1. The third kappa shape index (κ3) is 2.91. The van der Waals surface area contributed by atoms with Crippen LogP contribution in [0.15, 0.2) is 0 Å². The highest BCUT2D eigenvalue weighted by molar-refractivity contribution is 7.63. The van der Waals surface area contributed by atoms with Crippen molar-refractivity contribution in [2.24, 2.45) is 17.3 Å². The maximum atomic E-state index is 12.5. The van der Waals surface area contributed by atoms with Crippen molar-refractivity contribution in [2.75, 3.05) is 6.16 Å². The first-order valence-corrected chi connectivity index (χ1v) is 9.82. The molecule has 4 atom stereocenters. The van der Waals surface area contributed by atoms with Gasteiger partial charge < -0.3 is 5.32 Å². The molecule has 4 heteroatoms. The summed E-state index contributed by atoms with van der Waals surface area (Å²) in [6, 6.07) is 0. The highest BCUT2D eigenvalue weighted by atomic mass is 31.1. The van der Waals surface area contributed by atoms with Crippen LogP contribution < -0.4 is 5.32 Å². The molecular formula is C17H30NO2P. The van der Waals surface area contributed by atoms with Crippen molar-refractivity contribution in [3.05, 3.63) is 0 Å². The van der Waals surface area contributed by atoms with Crippen molar-refractivity contribution in [1.82, 2.24) is 5.32 Å². The summed E-state index contributed by atoms with van der Waals surface area (Å²) in [6.45, 7) is 12.6. The second kappa shape index (κ2) is 5.65. The molecule has 0 spiro atoms. The van der Waals surface area contributed by atoms with Gasteiger partial charge >= 0.3 is 0 Å². The molecular weight excluding hydrogens is 281 g/mol. The Balaban J connectivity index is 1.89. The predicted molar refractivity (Wildman–Crippen MR) is 88.8 cm³/mol. The Kier molecular flexibility index (Phi) is 4.55. The number of fused-ring (bicyclic) bond motifs is 1. The van der Waals surface area contributed by atoms with E-state index in [4.69, 9.17) is 0 Å². The van der Waals surface area contributed by atoms with Crippen LogP contribution in [0.5, 0.6) is 0 Å². The zero-order chi connectivity index (χ0) is 16.0. The molecule has 0 saturated carbocycles. The molecule has 0 radical (unpaired) electrons. The average molecular weight is 311 g/mol. The largest absolute Gasteiger partial charge is 0.349 e. The molecule has 21 heavy (non-hydrogen) atoms. The standard InChI is InChI=1S/C17H30NO2P/c1-7-13(19)12-10-21-14(9-17(12,21)6)18-15(20)16(4,5)8-11(2)3/h11-12,14H,7-10H2,1-6H3,(H,18,20). The summed E-state index contributed by atoms with van der Waals surface area (Å²) < 4.78 is 0. The van der Waals surface area contributed by atoms with E-state index >= 15 is 0 Å². The minimum atomic E-state index is -0.293. The first-order chi connectivity index (χ1) is 9.61. The number of hydrogen-bond acceptors (Lipinski definition) is 2. The van der Waals surface area contributed by atoms with Crippen molar-refractivity contribution in [1.29, 1.82) is 0 Å². The summed E-state index contributed by atoms with van der Waals surface area (Å²) in [6.07, 6.45) is 3.60. The van der Waals surface area contributed by atoms with Crippen molar-refractivity contribution in [2.45, 2.75) is 71.7 Å². The van der Waals surface area contributed by atoms with Gasteiger partial charge in [0.05, 0.1) is 0 Å². The summed E-state index contributed by atoms with van der Waals surface area (Å²) in [7, 11) is -0.174. The maximum absolute atomic E-state index is 12.5. The van der Waals surface area contributed by atoms with E-state index in [0.29, 0.717) is 23.9 Å². The molecule has 1 amide bonds. The van der Waals surface area contributed by atoms with Crippen LogP contribution in [0.25, 0.3) is 0 Å². The summed E-state index contributed by atoms with van der Waals surface area (Å²) in [5.74, 6) is 1.76. The van der Waals surface area contributed by atoms with Crippen molar-refractivity contribution >= 4 is 19.6 Å². The monoisotopic (exact) mass is 311 g/mol. The molecule has 0 aromatic carbocycles. The smallest absolute Gasteiger partial charge is 0.226 e. The molecule has 0 aromatic heterocycles. The molecule has 2 aliphatic heterocycles. The fourth-order valence-corrected chi connectivity index (χ4v) is 7.76. The Bertz CT molecular complexity index is 446. The number of ketones is 1. The zero-order valence-electron chi connectivity index (χ0n) is 14.3. The first-order valence-electron chi connectivity index (χ1n) is 8.22. The van der Waals surface area contributed by atoms with Gasteiger partial charge in [0.1, 0.15) is 5.78 Å². The summed E-state index contributed by atoms with van der Waals surface area (Å²) in [5, 5.41) is 3.50. The second-order valence-corrected chi connectivity index (χ2v) is 11.0.